The molecule has 6 heteroatoms. The topological polar surface area (TPSA) is 62.7 Å². The van der Waals surface area contributed by atoms with Crippen LogP contribution < -0.4 is 10.6 Å². The summed E-state index contributed by atoms with van der Waals surface area (Å²) in [7, 11) is 0. The van der Waals surface area contributed by atoms with Gasteiger partial charge < -0.3 is 10.6 Å². The van der Waals surface area contributed by atoms with Gasteiger partial charge in [0.15, 0.2) is 5.82 Å². The molecule has 1 heterocycles. The van der Waals surface area contributed by atoms with E-state index in [9.17, 15) is 4.39 Å². The minimum atomic E-state index is -0.189. The zero-order valence-electron chi connectivity index (χ0n) is 14.0. The third-order valence-corrected chi connectivity index (χ3v) is 3.75. The van der Waals surface area contributed by atoms with Crippen molar-refractivity contribution >= 4 is 11.8 Å². The maximum atomic E-state index is 13.6. The largest absolute Gasteiger partial charge is 0.368 e. The molecule has 0 amide bonds. The smallest absolute Gasteiger partial charge is 0.244 e. The fourth-order valence-electron chi connectivity index (χ4n) is 2.49. The number of nitrogens with zero attached hydrogens (tertiary/aromatic N) is 3. The molecule has 5 nitrogen and oxygen atoms in total. The molecular formula is C19H20FN5. The normalized spacial score (nSPS) is 10.5. The van der Waals surface area contributed by atoms with Crippen molar-refractivity contribution in [3.63, 3.8) is 0 Å². The summed E-state index contributed by atoms with van der Waals surface area (Å²) in [5, 5.41) is 14.2. The van der Waals surface area contributed by atoms with Crippen LogP contribution in [-0.4, -0.2) is 21.7 Å². The average molecular weight is 337 g/mol. The van der Waals surface area contributed by atoms with Crippen LogP contribution in [0.4, 0.5) is 16.2 Å². The first-order valence-electron chi connectivity index (χ1n) is 8.17. The number of aromatic nitrogens is 3. The van der Waals surface area contributed by atoms with Crippen LogP contribution in [0.15, 0.2) is 54.7 Å². The number of hydrogen-bond donors (Lipinski definition) is 2. The van der Waals surface area contributed by atoms with Gasteiger partial charge in [-0.05, 0) is 30.5 Å². The van der Waals surface area contributed by atoms with Gasteiger partial charge in [-0.25, -0.2) is 4.39 Å². The summed E-state index contributed by atoms with van der Waals surface area (Å²) in [6, 6.07) is 15.0. The van der Waals surface area contributed by atoms with Crippen LogP contribution in [0.1, 0.15) is 16.7 Å². The van der Waals surface area contributed by atoms with Crippen molar-refractivity contribution in [2.24, 2.45) is 0 Å². The third-order valence-electron chi connectivity index (χ3n) is 3.75. The van der Waals surface area contributed by atoms with Gasteiger partial charge in [-0.1, -0.05) is 48.0 Å². The van der Waals surface area contributed by atoms with Crippen molar-refractivity contribution in [1.29, 1.82) is 0 Å². The maximum Gasteiger partial charge on any atom is 0.244 e. The Morgan fingerprint density at radius 3 is 2.76 bits per heavy atom. The van der Waals surface area contributed by atoms with E-state index in [1.54, 1.807) is 18.3 Å². The Morgan fingerprint density at radius 1 is 1.04 bits per heavy atom. The predicted octanol–water partition coefficient (Wildman–Crippen LogP) is 3.59. The van der Waals surface area contributed by atoms with Crippen LogP contribution >= 0.6 is 0 Å². The number of halogens is 1. The lowest BCUT2D eigenvalue weighted by Gasteiger charge is -2.08. The molecule has 2 aromatic carbocycles. The summed E-state index contributed by atoms with van der Waals surface area (Å²) in [6.45, 7) is 3.25. The summed E-state index contributed by atoms with van der Waals surface area (Å²) < 4.78 is 13.6. The third kappa shape index (κ3) is 4.97. The summed E-state index contributed by atoms with van der Waals surface area (Å²) in [5.74, 6) is 0.876. The van der Waals surface area contributed by atoms with E-state index in [2.05, 4.69) is 44.9 Å². The van der Waals surface area contributed by atoms with Gasteiger partial charge in [0.2, 0.25) is 5.95 Å². The highest BCUT2D eigenvalue weighted by Gasteiger charge is 2.03. The molecule has 3 rings (SSSR count). The van der Waals surface area contributed by atoms with Gasteiger partial charge >= 0.3 is 0 Å². The van der Waals surface area contributed by atoms with Crippen LogP contribution in [0.5, 0.6) is 0 Å². The number of aryl methyl sites for hydroxylation is 1. The van der Waals surface area contributed by atoms with Gasteiger partial charge in [0.1, 0.15) is 5.82 Å². The van der Waals surface area contributed by atoms with E-state index in [4.69, 9.17) is 0 Å². The number of anilines is 2. The molecule has 0 bridgehead atoms. The molecule has 0 aliphatic rings. The van der Waals surface area contributed by atoms with E-state index in [0.717, 1.165) is 5.56 Å². The van der Waals surface area contributed by atoms with E-state index in [0.29, 0.717) is 36.8 Å². The van der Waals surface area contributed by atoms with Crippen LogP contribution in [0.2, 0.25) is 0 Å². The molecule has 0 aliphatic heterocycles. The highest BCUT2D eigenvalue weighted by atomic mass is 19.1. The number of hydrogen-bond acceptors (Lipinski definition) is 5. The summed E-state index contributed by atoms with van der Waals surface area (Å²) >= 11 is 0. The summed E-state index contributed by atoms with van der Waals surface area (Å²) in [4.78, 5) is 4.37. The zero-order chi connectivity index (χ0) is 17.5. The highest BCUT2D eigenvalue weighted by Crippen LogP contribution is 2.10. The quantitative estimate of drug-likeness (QED) is 0.690. The first-order valence-corrected chi connectivity index (χ1v) is 8.17. The molecule has 0 atom stereocenters. The molecular weight excluding hydrogens is 317 g/mol. The zero-order valence-corrected chi connectivity index (χ0v) is 14.0. The van der Waals surface area contributed by atoms with Crippen molar-refractivity contribution in [2.45, 2.75) is 19.9 Å². The number of nitrogens with one attached hydrogen (secondary N) is 2. The summed E-state index contributed by atoms with van der Waals surface area (Å²) in [6.07, 6.45) is 2.13. The van der Waals surface area contributed by atoms with Gasteiger partial charge in [-0.15, -0.1) is 5.10 Å². The Hall–Kier alpha value is -3.02. The summed E-state index contributed by atoms with van der Waals surface area (Å²) in [5.41, 5.74) is 3.04. The van der Waals surface area contributed by atoms with Gasteiger partial charge in [0.25, 0.3) is 0 Å². The molecule has 1 aromatic heterocycles. The molecule has 2 N–H and O–H groups in total. The average Bonchev–Trinajstić information content (AvgIpc) is 2.62. The first kappa shape index (κ1) is 16.8. The van der Waals surface area contributed by atoms with Crippen LogP contribution in [0.3, 0.4) is 0 Å². The van der Waals surface area contributed by atoms with E-state index >= 15 is 0 Å². The van der Waals surface area contributed by atoms with Gasteiger partial charge in [0, 0.05) is 13.1 Å². The van der Waals surface area contributed by atoms with E-state index in [1.807, 2.05) is 18.2 Å². The second-order valence-corrected chi connectivity index (χ2v) is 5.78. The van der Waals surface area contributed by atoms with Gasteiger partial charge in [0.05, 0.1) is 6.20 Å². The van der Waals surface area contributed by atoms with Crippen LogP contribution in [-0.2, 0) is 13.0 Å². The lowest BCUT2D eigenvalue weighted by Crippen LogP contribution is -2.10. The van der Waals surface area contributed by atoms with Crippen molar-refractivity contribution < 1.29 is 4.39 Å². The van der Waals surface area contributed by atoms with Crippen molar-refractivity contribution in [3.8, 4) is 0 Å². The molecule has 128 valence electrons. The minimum absolute atomic E-state index is 0.189. The molecule has 0 radical (unpaired) electrons. The molecule has 25 heavy (non-hydrogen) atoms. The van der Waals surface area contributed by atoms with E-state index in [1.165, 1.54) is 11.6 Å². The Kier molecular flexibility index (Phi) is 5.51. The minimum Gasteiger partial charge on any atom is -0.368 e. The fraction of sp³-hybridized carbons (Fsp3) is 0.211. The molecule has 0 fully saturated rings. The molecule has 3 aromatic rings. The monoisotopic (exact) mass is 337 g/mol. The van der Waals surface area contributed by atoms with Crippen molar-refractivity contribution in [2.75, 3.05) is 17.2 Å². The van der Waals surface area contributed by atoms with E-state index in [-0.39, 0.29) is 5.82 Å². The molecule has 0 unspecified atom stereocenters. The Labute approximate surface area is 146 Å². The molecule has 0 saturated heterocycles. The Balaban J connectivity index is 1.53. The first-order chi connectivity index (χ1) is 12.2. The molecule has 0 aliphatic carbocycles. The van der Waals surface area contributed by atoms with Crippen LogP contribution in [0.25, 0.3) is 0 Å². The fourth-order valence-corrected chi connectivity index (χ4v) is 2.49. The number of rotatable bonds is 7. The lowest BCUT2D eigenvalue weighted by molar-refractivity contribution is 0.610. The van der Waals surface area contributed by atoms with Crippen molar-refractivity contribution in [3.05, 3.63) is 77.2 Å². The predicted molar refractivity (Wildman–Crippen MR) is 96.9 cm³/mol. The highest BCUT2D eigenvalue weighted by molar-refractivity contribution is 5.38. The second-order valence-electron chi connectivity index (χ2n) is 5.78. The molecule has 0 saturated carbocycles. The van der Waals surface area contributed by atoms with Crippen LogP contribution in [0, 0.1) is 12.7 Å². The van der Waals surface area contributed by atoms with Crippen molar-refractivity contribution in [1.82, 2.24) is 15.2 Å². The van der Waals surface area contributed by atoms with Gasteiger partial charge in [-0.2, -0.15) is 10.1 Å². The Bertz CT molecular complexity index is 837. The standard InChI is InChI=1S/C19H20FN5/c1-14-5-4-6-15(11-14)12-22-19-24-18(13-23-25-19)21-10-9-16-7-2-3-8-17(16)20/h2-8,11,13H,9-10,12H2,1H3,(H2,21,22,24,25). The SMILES string of the molecule is Cc1cccc(CNc2nncc(NCCc3ccccc3F)n2)c1. The van der Waals surface area contributed by atoms with Gasteiger partial charge in [-0.3, -0.25) is 0 Å². The second kappa shape index (κ2) is 8.19. The maximum absolute atomic E-state index is 13.6. The molecule has 0 spiro atoms. The Morgan fingerprint density at radius 2 is 1.92 bits per heavy atom. The lowest BCUT2D eigenvalue weighted by atomic mass is 10.1. The van der Waals surface area contributed by atoms with E-state index < -0.39 is 0 Å². The number of benzene rings is 2.